The van der Waals surface area contributed by atoms with Crippen LogP contribution in [0.1, 0.15) is 16.2 Å². The van der Waals surface area contributed by atoms with Gasteiger partial charge in [0.2, 0.25) is 0 Å². The van der Waals surface area contributed by atoms with E-state index in [1.807, 2.05) is 0 Å². The molecule has 2 N–H and O–H groups in total. The van der Waals surface area contributed by atoms with Crippen LogP contribution >= 0.6 is 11.6 Å². The number of hydrogen-bond donors (Lipinski definition) is 1. The number of aromatic nitrogens is 2. The molecule has 0 aromatic carbocycles. The Labute approximate surface area is 68.4 Å². The molecule has 1 rings (SSSR count). The second kappa shape index (κ2) is 3.30. The van der Waals surface area contributed by atoms with E-state index in [2.05, 4.69) is 10.2 Å². The highest BCUT2D eigenvalue weighted by Gasteiger charge is 2.01. The normalized spacial score (nSPS) is 9.55. The predicted octanol–water partition coefficient (Wildman–Crippen LogP) is 0.314. The average molecular weight is 172 g/mol. The highest BCUT2D eigenvalue weighted by molar-refractivity contribution is 6.16. The van der Waals surface area contributed by atoms with E-state index in [0.717, 1.165) is 0 Å². The summed E-state index contributed by atoms with van der Waals surface area (Å²) in [5.74, 6) is -0.301. The first kappa shape index (κ1) is 7.94. The van der Waals surface area contributed by atoms with Gasteiger partial charge in [0.25, 0.3) is 5.91 Å². The number of rotatable bonds is 2. The monoisotopic (exact) mass is 171 g/mol. The average Bonchev–Trinajstić information content (AvgIpc) is 2.05. The molecule has 58 valence electrons. The summed E-state index contributed by atoms with van der Waals surface area (Å²) in [6.45, 7) is 0. The van der Waals surface area contributed by atoms with Gasteiger partial charge in [-0.15, -0.1) is 16.7 Å². The molecule has 0 spiro atoms. The number of alkyl halides is 1. The van der Waals surface area contributed by atoms with Crippen LogP contribution in [0.3, 0.4) is 0 Å². The quantitative estimate of drug-likeness (QED) is 0.652. The first-order chi connectivity index (χ1) is 5.24. The summed E-state index contributed by atoms with van der Waals surface area (Å²) in [5, 5.41) is 7.18. The molecule has 11 heavy (non-hydrogen) atoms. The largest absolute Gasteiger partial charge is 0.364 e. The van der Waals surface area contributed by atoms with Gasteiger partial charge in [0.1, 0.15) is 0 Å². The van der Waals surface area contributed by atoms with E-state index < -0.39 is 5.91 Å². The topological polar surface area (TPSA) is 68.9 Å². The second-order valence-corrected chi connectivity index (χ2v) is 2.18. The molecule has 5 heteroatoms. The van der Waals surface area contributed by atoms with Crippen LogP contribution in [0.5, 0.6) is 0 Å². The van der Waals surface area contributed by atoms with Crippen molar-refractivity contribution in [3.63, 3.8) is 0 Å². The van der Waals surface area contributed by atoms with Crippen molar-refractivity contribution in [2.75, 3.05) is 0 Å². The van der Waals surface area contributed by atoms with Gasteiger partial charge in [0, 0.05) is 0 Å². The molecule has 0 saturated heterocycles. The second-order valence-electron chi connectivity index (χ2n) is 1.91. The SMILES string of the molecule is NC(=O)c1ccc(CCl)nn1. The van der Waals surface area contributed by atoms with Gasteiger partial charge in [-0.1, -0.05) is 0 Å². The molecule has 0 atom stereocenters. The molecular weight excluding hydrogens is 166 g/mol. The minimum atomic E-state index is -0.585. The van der Waals surface area contributed by atoms with E-state index in [1.165, 1.54) is 6.07 Å². The maximum Gasteiger partial charge on any atom is 0.269 e. The number of halogens is 1. The van der Waals surface area contributed by atoms with E-state index in [9.17, 15) is 4.79 Å². The fraction of sp³-hybridized carbons (Fsp3) is 0.167. The Morgan fingerprint density at radius 1 is 1.55 bits per heavy atom. The highest BCUT2D eigenvalue weighted by atomic mass is 35.5. The smallest absolute Gasteiger partial charge is 0.269 e. The van der Waals surface area contributed by atoms with E-state index >= 15 is 0 Å². The molecule has 0 aliphatic heterocycles. The summed E-state index contributed by atoms with van der Waals surface area (Å²) < 4.78 is 0. The maximum absolute atomic E-state index is 10.5. The van der Waals surface area contributed by atoms with Crippen LogP contribution in [0.4, 0.5) is 0 Å². The Balaban J connectivity index is 2.91. The van der Waals surface area contributed by atoms with Crippen LogP contribution in [0, 0.1) is 0 Å². The number of nitrogens with zero attached hydrogens (tertiary/aromatic N) is 2. The predicted molar refractivity (Wildman–Crippen MR) is 40.1 cm³/mol. The van der Waals surface area contributed by atoms with Crippen molar-refractivity contribution < 1.29 is 4.79 Å². The van der Waals surface area contributed by atoms with E-state index in [1.54, 1.807) is 6.07 Å². The fourth-order valence-corrected chi connectivity index (χ4v) is 0.705. The standard InChI is InChI=1S/C6H6ClN3O/c7-3-4-1-2-5(6(8)11)10-9-4/h1-2H,3H2,(H2,8,11). The van der Waals surface area contributed by atoms with Gasteiger partial charge in [0.05, 0.1) is 11.6 Å². The summed E-state index contributed by atoms with van der Waals surface area (Å²) in [7, 11) is 0. The van der Waals surface area contributed by atoms with Crippen molar-refractivity contribution in [3.8, 4) is 0 Å². The molecule has 0 aliphatic carbocycles. The molecule has 0 bridgehead atoms. The third-order valence-electron chi connectivity index (χ3n) is 1.11. The molecule has 0 fully saturated rings. The first-order valence-electron chi connectivity index (χ1n) is 2.92. The van der Waals surface area contributed by atoms with Gasteiger partial charge in [-0.05, 0) is 12.1 Å². The summed E-state index contributed by atoms with van der Waals surface area (Å²) in [6.07, 6.45) is 0. The van der Waals surface area contributed by atoms with E-state index in [-0.39, 0.29) is 11.6 Å². The van der Waals surface area contributed by atoms with Crippen LogP contribution in [0.2, 0.25) is 0 Å². The molecule has 0 unspecified atom stereocenters. The Morgan fingerprint density at radius 3 is 2.64 bits per heavy atom. The van der Waals surface area contributed by atoms with Crippen LogP contribution < -0.4 is 5.73 Å². The minimum Gasteiger partial charge on any atom is -0.364 e. The van der Waals surface area contributed by atoms with Crippen molar-refractivity contribution in [3.05, 3.63) is 23.5 Å². The van der Waals surface area contributed by atoms with Gasteiger partial charge < -0.3 is 5.73 Å². The molecule has 1 heterocycles. The number of hydrogen-bond acceptors (Lipinski definition) is 3. The number of amides is 1. The molecule has 4 nitrogen and oxygen atoms in total. The lowest BCUT2D eigenvalue weighted by Gasteiger charge is -1.93. The van der Waals surface area contributed by atoms with Crippen LogP contribution in [-0.2, 0) is 5.88 Å². The zero-order chi connectivity index (χ0) is 8.27. The third-order valence-corrected chi connectivity index (χ3v) is 1.38. The third kappa shape index (κ3) is 1.88. The number of carbonyl (C=O) groups is 1. The first-order valence-corrected chi connectivity index (χ1v) is 3.46. The van der Waals surface area contributed by atoms with Gasteiger partial charge >= 0.3 is 0 Å². The summed E-state index contributed by atoms with van der Waals surface area (Å²) in [4.78, 5) is 10.5. The molecule has 0 radical (unpaired) electrons. The number of nitrogens with two attached hydrogens (primary N) is 1. The molecule has 0 aliphatic rings. The minimum absolute atomic E-state index is 0.152. The van der Waals surface area contributed by atoms with Crippen LogP contribution in [-0.4, -0.2) is 16.1 Å². The van der Waals surface area contributed by atoms with Gasteiger partial charge in [-0.2, -0.15) is 5.10 Å². The molecular formula is C6H6ClN3O. The van der Waals surface area contributed by atoms with Crippen LogP contribution in [0.15, 0.2) is 12.1 Å². The molecule has 1 amide bonds. The molecule has 1 aromatic heterocycles. The zero-order valence-corrected chi connectivity index (χ0v) is 6.38. The number of primary amides is 1. The van der Waals surface area contributed by atoms with Gasteiger partial charge in [-0.3, -0.25) is 4.79 Å². The van der Waals surface area contributed by atoms with Crippen LogP contribution in [0.25, 0.3) is 0 Å². The van der Waals surface area contributed by atoms with Crippen molar-refractivity contribution in [2.45, 2.75) is 5.88 Å². The Morgan fingerprint density at radius 2 is 2.27 bits per heavy atom. The number of carbonyl (C=O) groups excluding carboxylic acids is 1. The zero-order valence-electron chi connectivity index (χ0n) is 5.62. The van der Waals surface area contributed by atoms with E-state index in [4.69, 9.17) is 17.3 Å². The lowest BCUT2D eigenvalue weighted by Crippen LogP contribution is -2.13. The summed E-state index contributed by atoms with van der Waals surface area (Å²) in [6, 6.07) is 3.10. The van der Waals surface area contributed by atoms with Gasteiger partial charge in [0.15, 0.2) is 5.69 Å². The fourth-order valence-electron chi connectivity index (χ4n) is 0.563. The Kier molecular flexibility index (Phi) is 2.38. The van der Waals surface area contributed by atoms with Gasteiger partial charge in [-0.25, -0.2) is 0 Å². The van der Waals surface area contributed by atoms with E-state index in [0.29, 0.717) is 5.69 Å². The Hall–Kier alpha value is -1.16. The summed E-state index contributed by atoms with van der Waals surface area (Å²) >= 11 is 5.44. The van der Waals surface area contributed by atoms with Crippen molar-refractivity contribution in [2.24, 2.45) is 5.73 Å². The van der Waals surface area contributed by atoms with Crippen molar-refractivity contribution >= 4 is 17.5 Å². The molecule has 0 saturated carbocycles. The molecule has 1 aromatic rings. The lowest BCUT2D eigenvalue weighted by molar-refractivity contribution is 0.0994. The Bertz CT molecular complexity index is 259. The highest BCUT2D eigenvalue weighted by Crippen LogP contribution is 1.98. The lowest BCUT2D eigenvalue weighted by atomic mass is 10.3. The van der Waals surface area contributed by atoms with Crippen molar-refractivity contribution in [1.29, 1.82) is 0 Å². The maximum atomic E-state index is 10.5. The summed E-state index contributed by atoms with van der Waals surface area (Å²) in [5.41, 5.74) is 5.70. The van der Waals surface area contributed by atoms with Crippen molar-refractivity contribution in [1.82, 2.24) is 10.2 Å².